The van der Waals surface area contributed by atoms with Gasteiger partial charge in [0.2, 0.25) is 0 Å². The van der Waals surface area contributed by atoms with Crippen LogP contribution in [0.1, 0.15) is 10.5 Å². The molecule has 0 aliphatic carbocycles. The molecule has 1 heterocycles. The van der Waals surface area contributed by atoms with E-state index >= 15 is 0 Å². The van der Waals surface area contributed by atoms with Crippen LogP contribution in [-0.4, -0.2) is 23.0 Å². The van der Waals surface area contributed by atoms with E-state index in [0.717, 1.165) is 4.47 Å². The third kappa shape index (κ3) is 4.80. The van der Waals surface area contributed by atoms with Crippen LogP contribution in [0, 0.1) is 0 Å². The zero-order valence-electron chi connectivity index (χ0n) is 12.2. The van der Waals surface area contributed by atoms with E-state index in [1.165, 1.54) is 12.1 Å². The lowest BCUT2D eigenvalue weighted by atomic mass is 10.3. The average molecular weight is 456 g/mol. The van der Waals surface area contributed by atoms with Crippen molar-refractivity contribution in [3.8, 4) is 5.75 Å². The van der Waals surface area contributed by atoms with E-state index in [4.69, 9.17) is 39.5 Å². The molecule has 6 nitrogen and oxygen atoms in total. The first-order valence-electron chi connectivity index (χ1n) is 6.46. The van der Waals surface area contributed by atoms with E-state index in [1.807, 2.05) is 0 Å². The molecule has 128 valence electrons. The van der Waals surface area contributed by atoms with Gasteiger partial charge < -0.3 is 9.30 Å². The number of benzene rings is 1. The Morgan fingerprint density at radius 2 is 1.79 bits per heavy atom. The molecule has 0 atom stereocenters. The van der Waals surface area contributed by atoms with Crippen molar-refractivity contribution >= 4 is 62.5 Å². The van der Waals surface area contributed by atoms with Crippen LogP contribution in [0.4, 0.5) is 0 Å². The molecule has 2 rings (SSSR count). The first-order chi connectivity index (χ1) is 11.3. The molecular weight excluding hydrogens is 444 g/mol. The third-order valence-corrected chi connectivity index (χ3v) is 4.30. The molecule has 0 radical (unpaired) electrons. The van der Waals surface area contributed by atoms with E-state index in [0.29, 0.717) is 5.69 Å². The van der Waals surface area contributed by atoms with Crippen LogP contribution in [0.25, 0.3) is 0 Å². The molecule has 1 aromatic heterocycles. The second-order valence-electron chi connectivity index (χ2n) is 4.64. The van der Waals surface area contributed by atoms with Crippen molar-refractivity contribution in [2.45, 2.75) is 0 Å². The fourth-order valence-electron chi connectivity index (χ4n) is 1.73. The van der Waals surface area contributed by atoms with Gasteiger partial charge >= 0.3 is 0 Å². The van der Waals surface area contributed by atoms with Gasteiger partial charge in [0.05, 0.1) is 15.1 Å². The number of rotatable bonds is 4. The SMILES string of the molecule is Cn1cc(Br)cc1C(=O)NNC(=O)COc1cc(Cl)c(Cl)cc1Cl. The molecule has 0 spiro atoms. The Labute approximate surface area is 161 Å². The highest BCUT2D eigenvalue weighted by Crippen LogP contribution is 2.33. The monoisotopic (exact) mass is 453 g/mol. The maximum atomic E-state index is 11.9. The molecule has 0 saturated carbocycles. The van der Waals surface area contributed by atoms with E-state index < -0.39 is 11.8 Å². The molecule has 0 unspecified atom stereocenters. The summed E-state index contributed by atoms with van der Waals surface area (Å²) in [5.74, 6) is -0.832. The molecule has 10 heteroatoms. The van der Waals surface area contributed by atoms with E-state index in [1.54, 1.807) is 23.9 Å². The largest absolute Gasteiger partial charge is 0.482 e. The highest BCUT2D eigenvalue weighted by Gasteiger charge is 2.13. The van der Waals surface area contributed by atoms with Crippen LogP contribution in [0.3, 0.4) is 0 Å². The quantitative estimate of drug-likeness (QED) is 0.547. The number of ether oxygens (including phenoxy) is 1. The van der Waals surface area contributed by atoms with Gasteiger partial charge in [0, 0.05) is 23.8 Å². The number of amides is 2. The lowest BCUT2D eigenvalue weighted by Crippen LogP contribution is -2.44. The van der Waals surface area contributed by atoms with Gasteiger partial charge in [-0.2, -0.15) is 0 Å². The zero-order valence-corrected chi connectivity index (χ0v) is 16.1. The molecule has 2 amide bonds. The number of hydrogen-bond acceptors (Lipinski definition) is 3. The van der Waals surface area contributed by atoms with Crippen molar-refractivity contribution in [3.63, 3.8) is 0 Å². The van der Waals surface area contributed by atoms with Crippen LogP contribution < -0.4 is 15.6 Å². The highest BCUT2D eigenvalue weighted by molar-refractivity contribution is 9.10. The van der Waals surface area contributed by atoms with Crippen molar-refractivity contribution in [2.24, 2.45) is 7.05 Å². The predicted octanol–water partition coefficient (Wildman–Crippen LogP) is 3.59. The maximum absolute atomic E-state index is 11.9. The smallest absolute Gasteiger partial charge is 0.286 e. The molecule has 0 bridgehead atoms. The number of halogens is 4. The maximum Gasteiger partial charge on any atom is 0.286 e. The van der Waals surface area contributed by atoms with Crippen molar-refractivity contribution in [2.75, 3.05) is 6.61 Å². The molecule has 24 heavy (non-hydrogen) atoms. The minimum absolute atomic E-state index is 0.207. The number of hydrazine groups is 1. The Kier molecular flexibility index (Phi) is 6.40. The summed E-state index contributed by atoms with van der Waals surface area (Å²) in [6, 6.07) is 4.43. The van der Waals surface area contributed by atoms with Gasteiger partial charge in [-0.3, -0.25) is 20.4 Å². The molecule has 0 aliphatic heterocycles. The van der Waals surface area contributed by atoms with Gasteiger partial charge in [0.15, 0.2) is 6.61 Å². The van der Waals surface area contributed by atoms with Crippen LogP contribution in [0.5, 0.6) is 5.75 Å². The van der Waals surface area contributed by atoms with Crippen LogP contribution in [0.15, 0.2) is 28.9 Å². The fraction of sp³-hybridized carbons (Fsp3) is 0.143. The molecular formula is C14H11BrCl3N3O3. The number of aryl methyl sites for hydroxylation is 1. The van der Waals surface area contributed by atoms with Crippen molar-refractivity contribution < 1.29 is 14.3 Å². The third-order valence-electron chi connectivity index (χ3n) is 2.85. The molecule has 0 saturated heterocycles. The van der Waals surface area contributed by atoms with Crippen molar-refractivity contribution in [3.05, 3.63) is 49.6 Å². The van der Waals surface area contributed by atoms with Crippen LogP contribution >= 0.6 is 50.7 Å². The van der Waals surface area contributed by atoms with Crippen molar-refractivity contribution in [1.29, 1.82) is 0 Å². The minimum atomic E-state index is -0.571. The van der Waals surface area contributed by atoms with Gasteiger partial charge in [-0.1, -0.05) is 34.8 Å². The summed E-state index contributed by atoms with van der Waals surface area (Å²) < 4.78 is 7.61. The summed E-state index contributed by atoms with van der Waals surface area (Å²) in [4.78, 5) is 23.7. The first kappa shape index (κ1) is 18.9. The Balaban J connectivity index is 1.87. The summed E-state index contributed by atoms with van der Waals surface area (Å²) in [6.45, 7) is -0.366. The summed E-state index contributed by atoms with van der Waals surface area (Å²) in [5.41, 5.74) is 4.89. The lowest BCUT2D eigenvalue weighted by Gasteiger charge is -2.10. The topological polar surface area (TPSA) is 72.4 Å². The van der Waals surface area contributed by atoms with Crippen LogP contribution in [0.2, 0.25) is 15.1 Å². The lowest BCUT2D eigenvalue weighted by molar-refractivity contribution is -0.123. The minimum Gasteiger partial charge on any atom is -0.482 e. The second-order valence-corrected chi connectivity index (χ2v) is 6.78. The molecule has 0 aliphatic rings. The Morgan fingerprint density at radius 3 is 2.42 bits per heavy atom. The number of nitrogens with one attached hydrogen (secondary N) is 2. The number of hydrogen-bond donors (Lipinski definition) is 2. The standard InChI is InChI=1S/C14H11BrCl3N3O3/c1-21-5-7(15)2-11(21)14(23)20-19-13(22)6-24-12-4-9(17)8(16)3-10(12)18/h2-5H,6H2,1H3,(H,19,22)(H,20,23). The van der Waals surface area contributed by atoms with Gasteiger partial charge in [-0.25, -0.2) is 0 Å². The molecule has 1 aromatic carbocycles. The molecule has 2 N–H and O–H groups in total. The summed E-state index contributed by atoms with van der Waals surface area (Å²) >= 11 is 20.9. The van der Waals surface area contributed by atoms with Gasteiger partial charge in [0.1, 0.15) is 11.4 Å². The van der Waals surface area contributed by atoms with Gasteiger partial charge in [-0.05, 0) is 28.1 Å². The molecule has 0 fully saturated rings. The second kappa shape index (κ2) is 8.11. The average Bonchev–Trinajstić information content (AvgIpc) is 2.85. The van der Waals surface area contributed by atoms with Crippen molar-refractivity contribution in [1.82, 2.24) is 15.4 Å². The number of carbonyl (C=O) groups excluding carboxylic acids is 2. The van der Waals surface area contributed by atoms with Crippen LogP contribution in [-0.2, 0) is 11.8 Å². The van der Waals surface area contributed by atoms with E-state index in [2.05, 4.69) is 26.8 Å². The van der Waals surface area contributed by atoms with E-state index in [9.17, 15) is 9.59 Å². The highest BCUT2D eigenvalue weighted by atomic mass is 79.9. The predicted molar refractivity (Wildman–Crippen MR) is 95.7 cm³/mol. The van der Waals surface area contributed by atoms with E-state index in [-0.39, 0.29) is 27.4 Å². The Bertz CT molecular complexity index is 795. The summed E-state index contributed by atoms with van der Waals surface area (Å²) in [5, 5.41) is 0.744. The van der Waals surface area contributed by atoms with Gasteiger partial charge in [-0.15, -0.1) is 0 Å². The Hall–Kier alpha value is -1.41. The molecule has 2 aromatic rings. The van der Waals surface area contributed by atoms with Gasteiger partial charge in [0.25, 0.3) is 11.8 Å². The fourth-order valence-corrected chi connectivity index (χ4v) is 2.85. The summed E-state index contributed by atoms with van der Waals surface area (Å²) in [7, 11) is 1.71. The normalized spacial score (nSPS) is 10.4. The summed E-state index contributed by atoms with van der Waals surface area (Å²) in [6.07, 6.45) is 1.71. The Morgan fingerprint density at radius 1 is 1.12 bits per heavy atom. The first-order valence-corrected chi connectivity index (χ1v) is 8.39. The number of nitrogens with zero attached hydrogens (tertiary/aromatic N) is 1. The number of carbonyl (C=O) groups is 2. The number of aromatic nitrogens is 1. The zero-order chi connectivity index (χ0) is 17.9.